The van der Waals surface area contributed by atoms with Gasteiger partial charge in [0.1, 0.15) is 0 Å². The van der Waals surface area contributed by atoms with Crippen molar-refractivity contribution >= 4 is 64.9 Å². The molecule has 5 rings (SSSR count). The van der Waals surface area contributed by atoms with Crippen molar-refractivity contribution in [2.75, 3.05) is 18.1 Å². The average molecular weight is 592 g/mol. The first-order valence-corrected chi connectivity index (χ1v) is 17.3. The predicted molar refractivity (Wildman–Crippen MR) is 160 cm³/mol. The van der Waals surface area contributed by atoms with Gasteiger partial charge in [0.25, 0.3) is 0 Å². The molecule has 1 fully saturated rings. The Kier molecular flexibility index (Phi) is 7.17. The van der Waals surface area contributed by atoms with Crippen LogP contribution in [-0.4, -0.2) is 30.7 Å². The molecule has 1 unspecified atom stereocenters. The third-order valence-electron chi connectivity index (χ3n) is 6.99. The summed E-state index contributed by atoms with van der Waals surface area (Å²) in [5.74, 6) is -0.441. The van der Waals surface area contributed by atoms with Crippen molar-refractivity contribution in [3.05, 3.63) is 121 Å². The summed E-state index contributed by atoms with van der Waals surface area (Å²) in [6, 6.07) is 32.7. The van der Waals surface area contributed by atoms with Crippen LogP contribution in [0.1, 0.15) is 16.8 Å². The first-order chi connectivity index (χ1) is 18.0. The normalized spacial score (nSPS) is 16.7. The van der Waals surface area contributed by atoms with Gasteiger partial charge >= 0.3 is 230 Å². The molecule has 4 aromatic rings. The summed E-state index contributed by atoms with van der Waals surface area (Å²) in [6.45, 7) is 4.26. The molecule has 1 amide bonds. The molecule has 1 saturated heterocycles. The predicted octanol–water partition coefficient (Wildman–Crippen LogP) is 6.04. The number of hydrogen-bond acceptors (Lipinski definition) is 4. The summed E-state index contributed by atoms with van der Waals surface area (Å²) in [5.41, 5.74) is 0.0483. The van der Waals surface area contributed by atoms with E-state index >= 15 is 0 Å². The number of nitrogens with zero attached hydrogens (tertiary/aromatic N) is 1. The number of carbonyl (C=O) groups is 2. The van der Waals surface area contributed by atoms with Crippen LogP contribution >= 0.6 is 32.1 Å². The van der Waals surface area contributed by atoms with Gasteiger partial charge in [-0.1, -0.05) is 0 Å². The summed E-state index contributed by atoms with van der Waals surface area (Å²) in [7, 11) is 0. The maximum atomic E-state index is 14.5. The molecule has 7 heteroatoms. The van der Waals surface area contributed by atoms with Crippen LogP contribution in [0.5, 0.6) is 0 Å². The Labute approximate surface area is 229 Å². The van der Waals surface area contributed by atoms with Gasteiger partial charge in [0.05, 0.1) is 0 Å². The van der Waals surface area contributed by atoms with Gasteiger partial charge in [-0.25, -0.2) is 0 Å². The molecule has 1 atom stereocenters. The van der Waals surface area contributed by atoms with Gasteiger partial charge in [0.2, 0.25) is 0 Å². The van der Waals surface area contributed by atoms with Crippen molar-refractivity contribution < 1.29 is 14.3 Å². The van der Waals surface area contributed by atoms with E-state index in [1.54, 1.807) is 11.0 Å². The van der Waals surface area contributed by atoms with Crippen LogP contribution in [0.2, 0.25) is 0 Å². The van der Waals surface area contributed by atoms with Gasteiger partial charge < -0.3 is 0 Å². The maximum absolute atomic E-state index is 14.5. The molecule has 0 bridgehead atoms. The molecule has 1 aliphatic rings. The van der Waals surface area contributed by atoms with Crippen LogP contribution in [0.15, 0.2) is 115 Å². The van der Waals surface area contributed by atoms with Crippen LogP contribution in [-0.2, 0) is 9.53 Å². The summed E-state index contributed by atoms with van der Waals surface area (Å²) >= 11 is 5.83. The molecule has 1 aliphatic heterocycles. The molecular weight excluding hydrogens is 565 g/mol. The number of amides is 1. The number of hydrogen-bond donors (Lipinski definition) is 0. The summed E-state index contributed by atoms with van der Waals surface area (Å²) in [6.07, 6.45) is 2.18. The van der Waals surface area contributed by atoms with E-state index in [0.29, 0.717) is 23.5 Å². The van der Waals surface area contributed by atoms with Crippen LogP contribution in [0.4, 0.5) is 5.00 Å². The summed E-state index contributed by atoms with van der Waals surface area (Å²) in [5, 5.41) is 2.26. The van der Waals surface area contributed by atoms with E-state index in [9.17, 15) is 9.59 Å². The van der Waals surface area contributed by atoms with Gasteiger partial charge in [0.15, 0.2) is 0 Å². The number of ether oxygens (including phenoxy) is 1. The fraction of sp³-hybridized carbons (Fsp3) is 0.133. The quantitative estimate of drug-likeness (QED) is 0.143. The zero-order valence-electron chi connectivity index (χ0n) is 20.2. The Morgan fingerprint density at radius 3 is 1.95 bits per heavy atom. The number of carbonyl (C=O) groups excluding carboxylic acids is 2. The molecule has 4 nitrogen and oxygen atoms in total. The molecule has 1 aromatic heterocycles. The summed E-state index contributed by atoms with van der Waals surface area (Å²) in [4.78, 5) is 29.1. The van der Waals surface area contributed by atoms with Gasteiger partial charge in [-0.05, 0) is 0 Å². The van der Waals surface area contributed by atoms with Crippen molar-refractivity contribution in [3.8, 4) is 0 Å². The van der Waals surface area contributed by atoms with E-state index in [0.717, 1.165) is 15.9 Å². The van der Waals surface area contributed by atoms with Crippen LogP contribution in [0.3, 0.4) is 0 Å². The fourth-order valence-corrected chi connectivity index (χ4v) is 14.9. The molecule has 0 radical (unpaired) electrons. The molecular formula is C30H27BrNO3PS. The Morgan fingerprint density at radius 2 is 1.46 bits per heavy atom. The topological polar surface area (TPSA) is 46.6 Å². The van der Waals surface area contributed by atoms with Crippen LogP contribution < -0.4 is 20.8 Å². The van der Waals surface area contributed by atoms with Crippen molar-refractivity contribution in [1.29, 1.82) is 0 Å². The van der Waals surface area contributed by atoms with E-state index in [2.05, 4.69) is 58.5 Å². The molecule has 3 aromatic carbocycles. The van der Waals surface area contributed by atoms with Crippen LogP contribution in [0.25, 0.3) is 0 Å². The number of rotatable bonds is 8. The second kappa shape index (κ2) is 10.4. The Hall–Kier alpha value is -3.05. The molecule has 2 heterocycles. The Morgan fingerprint density at radius 1 is 0.946 bits per heavy atom. The monoisotopic (exact) mass is 591 g/mol. The number of anilines is 1. The Bertz CT molecular complexity index is 1330. The molecule has 188 valence electrons. The van der Waals surface area contributed by atoms with Crippen molar-refractivity contribution in [1.82, 2.24) is 0 Å². The summed E-state index contributed by atoms with van der Waals surface area (Å²) < 4.78 is 5.30. The van der Waals surface area contributed by atoms with Crippen molar-refractivity contribution in [2.24, 2.45) is 0 Å². The van der Waals surface area contributed by atoms with Gasteiger partial charge in [-0.3, -0.25) is 0 Å². The number of thiophene rings is 1. The van der Waals surface area contributed by atoms with E-state index in [4.69, 9.17) is 4.74 Å². The SMILES string of the molecule is C=CCOC(=O)c1ccsc1N1CCC(P(Br)(c2ccccc2)(c2ccccc2)c2ccccc2)C1=O. The van der Waals surface area contributed by atoms with Gasteiger partial charge in [-0.15, -0.1) is 0 Å². The molecule has 0 aliphatic carbocycles. The van der Waals surface area contributed by atoms with Gasteiger partial charge in [0, 0.05) is 0 Å². The second-order valence-corrected chi connectivity index (χ2v) is 18.5. The number of benzene rings is 3. The average Bonchev–Trinajstić information content (AvgIpc) is 3.60. The van der Waals surface area contributed by atoms with Crippen molar-refractivity contribution in [2.45, 2.75) is 12.1 Å². The van der Waals surface area contributed by atoms with E-state index in [-0.39, 0.29) is 18.2 Å². The van der Waals surface area contributed by atoms with Crippen LogP contribution in [0, 0.1) is 0 Å². The number of esters is 1. The number of halogens is 1. The Balaban J connectivity index is 1.70. The van der Waals surface area contributed by atoms with Crippen molar-refractivity contribution in [3.63, 3.8) is 0 Å². The molecule has 0 saturated carbocycles. The first-order valence-electron chi connectivity index (χ1n) is 12.1. The molecule has 37 heavy (non-hydrogen) atoms. The van der Waals surface area contributed by atoms with E-state index in [1.807, 2.05) is 60.0 Å². The van der Waals surface area contributed by atoms with E-state index in [1.165, 1.54) is 17.4 Å². The standard InChI is InChI=1S/C30H27BrNO3PS/c1-2-21-35-30(34)26-19-22-37-29(26)32-20-18-27(28(32)33)36(31,23-12-6-3-7-13-23,24-14-8-4-9-15-24)25-16-10-5-11-17-25/h2-17,19,22,27H,1,18,20-21H2. The fourth-order valence-electron chi connectivity index (χ4n) is 5.34. The molecule has 0 N–H and O–H groups in total. The third-order valence-corrected chi connectivity index (χ3v) is 18.7. The third kappa shape index (κ3) is 4.08. The van der Waals surface area contributed by atoms with E-state index < -0.39 is 11.3 Å². The van der Waals surface area contributed by atoms with Gasteiger partial charge in [-0.2, -0.15) is 0 Å². The minimum absolute atomic E-state index is 0.00585. The second-order valence-electron chi connectivity index (χ2n) is 8.90. The first kappa shape index (κ1) is 25.6. The minimum atomic E-state index is -3.51. The zero-order valence-corrected chi connectivity index (χ0v) is 23.5. The zero-order chi connectivity index (χ0) is 25.9. The molecule has 0 spiro atoms.